The van der Waals surface area contributed by atoms with Crippen LogP contribution in [0, 0.1) is 18.7 Å². The molecule has 1 saturated heterocycles. The van der Waals surface area contributed by atoms with Crippen molar-refractivity contribution < 1.29 is 23.8 Å². The summed E-state index contributed by atoms with van der Waals surface area (Å²) in [5.41, 5.74) is 2.88. The van der Waals surface area contributed by atoms with Gasteiger partial charge in [0.15, 0.2) is 0 Å². The zero-order chi connectivity index (χ0) is 24.7. The number of aromatic amines is 1. The number of halogens is 1. The standard InChI is InChI=1S/C25H28FN5O4/c1-13-7-17(9-31(13)20(33)10-32)30-25(34)21-14(2)29-24-22(27-12-28-23(21)24)18-8-16(26)5-6-19(18)35-11-15-3-4-15/h5-6,8,12-13,15,17,29,32H,3-4,7,9-11H2,1-2H3,(H,30,34)/t13-,17+/m1/s1. The maximum atomic E-state index is 14.2. The Morgan fingerprint density at radius 3 is 2.86 bits per heavy atom. The molecule has 3 N–H and O–H groups in total. The molecule has 35 heavy (non-hydrogen) atoms. The van der Waals surface area contributed by atoms with Gasteiger partial charge in [-0.1, -0.05) is 0 Å². The molecule has 0 spiro atoms. The third-order valence-electron chi connectivity index (χ3n) is 6.73. The summed E-state index contributed by atoms with van der Waals surface area (Å²) in [4.78, 5) is 38.7. The molecular weight excluding hydrogens is 453 g/mol. The Labute approximate surface area is 201 Å². The molecular formula is C25H28FN5O4. The SMILES string of the molecule is Cc1[nH]c2c(-c3cc(F)ccc3OCC3CC3)ncnc2c1C(=O)N[C@H]1C[C@@H](C)N(C(=O)CO)C1. The van der Waals surface area contributed by atoms with Crippen LogP contribution < -0.4 is 10.1 Å². The number of aliphatic hydroxyl groups excluding tert-OH is 1. The van der Waals surface area contributed by atoms with Crippen molar-refractivity contribution in [2.45, 2.75) is 45.2 Å². The molecule has 1 aliphatic heterocycles. The van der Waals surface area contributed by atoms with Crippen LogP contribution in [0.4, 0.5) is 4.39 Å². The first-order chi connectivity index (χ1) is 16.9. The van der Waals surface area contributed by atoms with Gasteiger partial charge < -0.3 is 25.0 Å². The average Bonchev–Trinajstić information content (AvgIpc) is 3.50. The van der Waals surface area contributed by atoms with E-state index in [-0.39, 0.29) is 23.9 Å². The maximum absolute atomic E-state index is 14.2. The molecule has 5 rings (SSSR count). The molecule has 0 unspecified atom stereocenters. The Balaban J connectivity index is 1.45. The number of aromatic nitrogens is 3. The highest BCUT2D eigenvalue weighted by atomic mass is 19.1. The highest BCUT2D eigenvalue weighted by Crippen LogP contribution is 2.36. The zero-order valence-corrected chi connectivity index (χ0v) is 19.7. The first kappa shape index (κ1) is 23.2. The van der Waals surface area contributed by atoms with Gasteiger partial charge in [-0.3, -0.25) is 9.59 Å². The molecule has 3 aromatic rings. The van der Waals surface area contributed by atoms with Gasteiger partial charge in [0.1, 0.15) is 35.7 Å². The normalized spacial score (nSPS) is 19.8. The van der Waals surface area contributed by atoms with Gasteiger partial charge in [-0.25, -0.2) is 14.4 Å². The molecule has 1 aromatic carbocycles. The van der Waals surface area contributed by atoms with Crippen LogP contribution in [0.2, 0.25) is 0 Å². The number of amides is 2. The van der Waals surface area contributed by atoms with Gasteiger partial charge in [-0.05, 0) is 57.2 Å². The van der Waals surface area contributed by atoms with E-state index in [0.717, 1.165) is 12.8 Å². The Hall–Kier alpha value is -3.53. The number of aliphatic hydroxyl groups is 1. The second-order valence-electron chi connectivity index (χ2n) is 9.43. The van der Waals surface area contributed by atoms with Crippen molar-refractivity contribution >= 4 is 22.8 Å². The van der Waals surface area contributed by atoms with Gasteiger partial charge in [-0.2, -0.15) is 0 Å². The average molecular weight is 482 g/mol. The smallest absolute Gasteiger partial charge is 0.255 e. The topological polar surface area (TPSA) is 120 Å². The van der Waals surface area contributed by atoms with E-state index in [1.54, 1.807) is 17.9 Å². The number of rotatable bonds is 7. The quantitative estimate of drug-likeness (QED) is 0.477. The van der Waals surface area contributed by atoms with E-state index in [2.05, 4.69) is 20.3 Å². The fourth-order valence-corrected chi connectivity index (χ4v) is 4.74. The van der Waals surface area contributed by atoms with Crippen molar-refractivity contribution in [1.82, 2.24) is 25.2 Å². The second kappa shape index (κ2) is 9.26. The third-order valence-corrected chi connectivity index (χ3v) is 6.73. The molecule has 2 aliphatic rings. The molecule has 184 valence electrons. The molecule has 3 heterocycles. The molecule has 2 amide bonds. The number of H-pyrrole nitrogens is 1. The summed E-state index contributed by atoms with van der Waals surface area (Å²) in [7, 11) is 0. The first-order valence-corrected chi connectivity index (χ1v) is 11.8. The summed E-state index contributed by atoms with van der Waals surface area (Å²) in [5.74, 6) is -0.0273. The van der Waals surface area contributed by atoms with Crippen molar-refractivity contribution in [2.75, 3.05) is 19.8 Å². The summed E-state index contributed by atoms with van der Waals surface area (Å²) in [6.07, 6.45) is 4.21. The Morgan fingerprint density at radius 2 is 2.11 bits per heavy atom. The highest BCUT2D eigenvalue weighted by molar-refractivity contribution is 6.09. The lowest BCUT2D eigenvalue weighted by Gasteiger charge is -2.19. The minimum Gasteiger partial charge on any atom is -0.493 e. The molecule has 2 atom stereocenters. The summed E-state index contributed by atoms with van der Waals surface area (Å²) >= 11 is 0. The molecule has 9 nitrogen and oxygen atoms in total. The van der Waals surface area contributed by atoms with Crippen LogP contribution in [0.25, 0.3) is 22.3 Å². The maximum Gasteiger partial charge on any atom is 0.255 e. The van der Waals surface area contributed by atoms with Gasteiger partial charge in [0.25, 0.3) is 5.91 Å². The van der Waals surface area contributed by atoms with E-state index in [1.165, 1.54) is 18.5 Å². The van der Waals surface area contributed by atoms with Crippen LogP contribution in [0.1, 0.15) is 42.2 Å². The van der Waals surface area contributed by atoms with Gasteiger partial charge in [0.2, 0.25) is 5.91 Å². The molecule has 0 bridgehead atoms. The number of benzene rings is 1. The predicted octanol–water partition coefficient (Wildman–Crippen LogP) is 2.57. The summed E-state index contributed by atoms with van der Waals surface area (Å²) < 4.78 is 20.2. The number of hydrogen-bond donors (Lipinski definition) is 3. The minimum absolute atomic E-state index is 0.0834. The fraction of sp³-hybridized carbons (Fsp3) is 0.440. The molecule has 10 heteroatoms. The van der Waals surface area contributed by atoms with Crippen molar-refractivity contribution in [3.05, 3.63) is 41.6 Å². The molecule has 2 aromatic heterocycles. The number of likely N-dealkylation sites (tertiary alicyclic amines) is 1. The number of fused-ring (bicyclic) bond motifs is 1. The number of hydrogen-bond acceptors (Lipinski definition) is 6. The van der Waals surface area contributed by atoms with Gasteiger partial charge >= 0.3 is 0 Å². The number of nitrogens with one attached hydrogen (secondary N) is 2. The predicted molar refractivity (Wildman–Crippen MR) is 126 cm³/mol. The molecule has 1 saturated carbocycles. The van der Waals surface area contributed by atoms with Gasteiger partial charge in [0, 0.05) is 29.9 Å². The number of carbonyl (C=O) groups is 2. The van der Waals surface area contributed by atoms with E-state index >= 15 is 0 Å². The van der Waals surface area contributed by atoms with Gasteiger partial charge in [-0.15, -0.1) is 0 Å². The number of nitrogens with zero attached hydrogens (tertiary/aromatic N) is 3. The third kappa shape index (κ3) is 4.58. The van der Waals surface area contributed by atoms with E-state index in [4.69, 9.17) is 4.74 Å². The Bertz CT molecular complexity index is 1290. The van der Waals surface area contributed by atoms with Crippen molar-refractivity contribution in [3.63, 3.8) is 0 Å². The van der Waals surface area contributed by atoms with Crippen LogP contribution in [0.15, 0.2) is 24.5 Å². The van der Waals surface area contributed by atoms with Crippen LogP contribution in [0.3, 0.4) is 0 Å². The van der Waals surface area contributed by atoms with E-state index in [1.807, 2.05) is 6.92 Å². The van der Waals surface area contributed by atoms with Crippen LogP contribution in [0.5, 0.6) is 5.75 Å². The van der Waals surface area contributed by atoms with E-state index < -0.39 is 12.4 Å². The van der Waals surface area contributed by atoms with E-state index in [0.29, 0.717) is 64.8 Å². The van der Waals surface area contributed by atoms with Crippen molar-refractivity contribution in [1.29, 1.82) is 0 Å². The molecule has 2 fully saturated rings. The minimum atomic E-state index is -0.557. The number of carbonyl (C=O) groups excluding carboxylic acids is 2. The van der Waals surface area contributed by atoms with Crippen LogP contribution in [-0.2, 0) is 4.79 Å². The lowest BCUT2D eigenvalue weighted by molar-refractivity contribution is -0.134. The summed E-state index contributed by atoms with van der Waals surface area (Å²) in [6, 6.07) is 4.01. The highest BCUT2D eigenvalue weighted by Gasteiger charge is 2.34. The number of aryl methyl sites for hydroxylation is 1. The lowest BCUT2D eigenvalue weighted by atomic mass is 10.1. The molecule has 0 radical (unpaired) electrons. The van der Waals surface area contributed by atoms with Crippen molar-refractivity contribution in [2.24, 2.45) is 5.92 Å². The monoisotopic (exact) mass is 481 g/mol. The van der Waals surface area contributed by atoms with E-state index in [9.17, 15) is 19.1 Å². The number of ether oxygens (including phenoxy) is 1. The van der Waals surface area contributed by atoms with Crippen LogP contribution >= 0.6 is 0 Å². The Kier molecular flexibility index (Phi) is 6.14. The second-order valence-corrected chi connectivity index (χ2v) is 9.43. The van der Waals surface area contributed by atoms with Crippen molar-refractivity contribution in [3.8, 4) is 17.0 Å². The zero-order valence-electron chi connectivity index (χ0n) is 19.7. The first-order valence-electron chi connectivity index (χ1n) is 11.8. The van der Waals surface area contributed by atoms with Gasteiger partial charge in [0.05, 0.1) is 17.7 Å². The Morgan fingerprint density at radius 1 is 1.31 bits per heavy atom. The summed E-state index contributed by atoms with van der Waals surface area (Å²) in [5, 5.41) is 12.2. The molecule has 1 aliphatic carbocycles. The summed E-state index contributed by atoms with van der Waals surface area (Å²) in [6.45, 7) is 4.00. The largest absolute Gasteiger partial charge is 0.493 e. The fourth-order valence-electron chi connectivity index (χ4n) is 4.74. The lowest BCUT2D eigenvalue weighted by Crippen LogP contribution is -2.40. The van der Waals surface area contributed by atoms with Crippen LogP contribution in [-0.4, -0.2) is 68.6 Å².